The largest absolute Gasteiger partial charge is 0.436 e. The Morgan fingerprint density at radius 1 is 0.534 bits per heavy atom. The zero-order valence-electron chi connectivity index (χ0n) is 33.4. The average molecular weight is 791 g/mol. The van der Waals surface area contributed by atoms with E-state index in [1.54, 1.807) is 38.0 Å². The maximum atomic E-state index is 14.8. The molecule has 0 spiro atoms. The van der Waals surface area contributed by atoms with E-state index in [1.165, 1.54) is 12.1 Å². The third-order valence-electron chi connectivity index (χ3n) is 10.8. The van der Waals surface area contributed by atoms with Crippen LogP contribution in [0.2, 0.25) is 0 Å². The Labute approximate surface area is 336 Å². The average Bonchev–Trinajstić information content (AvgIpc) is 3.19. The van der Waals surface area contributed by atoms with Gasteiger partial charge in [-0.05, 0) is 123 Å². The van der Waals surface area contributed by atoms with Crippen LogP contribution >= 0.6 is 0 Å². The molecule has 6 aromatic carbocycles. The van der Waals surface area contributed by atoms with Gasteiger partial charge in [0.25, 0.3) is 0 Å². The van der Waals surface area contributed by atoms with Crippen molar-refractivity contribution in [2.24, 2.45) is 0 Å². The van der Waals surface area contributed by atoms with Gasteiger partial charge in [-0.15, -0.1) is 0 Å². The summed E-state index contributed by atoms with van der Waals surface area (Å²) in [6, 6.07) is 30.7. The van der Waals surface area contributed by atoms with Crippen LogP contribution in [0.25, 0.3) is 21.5 Å². The number of halogens is 4. The molecular weight excluding hydrogens is 745 g/mol. The molecule has 0 fully saturated rings. The van der Waals surface area contributed by atoms with Gasteiger partial charge in [0.2, 0.25) is 0 Å². The normalized spacial score (nSPS) is 13.9. The second kappa shape index (κ2) is 17.3. The molecule has 0 amide bonds. The van der Waals surface area contributed by atoms with E-state index < -0.39 is 46.7 Å². The van der Waals surface area contributed by atoms with Crippen LogP contribution < -0.4 is 0 Å². The zero-order chi connectivity index (χ0) is 41.8. The summed E-state index contributed by atoms with van der Waals surface area (Å²) in [5, 5.41) is 4.26. The van der Waals surface area contributed by atoms with Crippen LogP contribution in [-0.2, 0) is 43.4 Å². The van der Waals surface area contributed by atoms with Gasteiger partial charge in [-0.1, -0.05) is 84.9 Å². The molecular formula is C48H46F4N2O4. The lowest BCUT2D eigenvalue weighted by molar-refractivity contribution is -0.182. The van der Waals surface area contributed by atoms with Crippen LogP contribution in [0.4, 0.5) is 17.6 Å². The van der Waals surface area contributed by atoms with Crippen molar-refractivity contribution in [2.75, 3.05) is 28.2 Å². The molecule has 0 aliphatic rings. The van der Waals surface area contributed by atoms with Crippen LogP contribution in [0, 0.1) is 37.1 Å². The van der Waals surface area contributed by atoms with Gasteiger partial charge < -0.3 is 9.47 Å². The van der Waals surface area contributed by atoms with Gasteiger partial charge in [-0.2, -0.15) is 0 Å². The van der Waals surface area contributed by atoms with Crippen molar-refractivity contribution >= 4 is 33.5 Å². The highest BCUT2D eigenvalue weighted by molar-refractivity contribution is 5.92. The molecule has 0 aliphatic heterocycles. The first-order valence-electron chi connectivity index (χ1n) is 19.0. The van der Waals surface area contributed by atoms with Gasteiger partial charge in [0.15, 0.2) is 34.7 Å². The topological polar surface area (TPSA) is 59.1 Å². The summed E-state index contributed by atoms with van der Waals surface area (Å²) in [7, 11) is 6.62. The summed E-state index contributed by atoms with van der Waals surface area (Å²) in [4.78, 5) is 30.6. The van der Waals surface area contributed by atoms with Crippen molar-refractivity contribution < 1.29 is 36.6 Å². The first-order chi connectivity index (χ1) is 27.6. The molecule has 0 aromatic heterocycles. The molecule has 6 nitrogen and oxygen atoms in total. The molecule has 58 heavy (non-hydrogen) atoms. The maximum Gasteiger partial charge on any atom is 0.333 e. The van der Waals surface area contributed by atoms with Gasteiger partial charge in [0.1, 0.15) is 0 Å². The molecule has 0 saturated carbocycles. The highest BCUT2D eigenvalue weighted by Gasteiger charge is 2.41. The molecule has 6 rings (SSSR count). The molecule has 0 radical (unpaired) electrons. The third kappa shape index (κ3) is 8.83. The molecule has 10 heteroatoms. The predicted octanol–water partition coefficient (Wildman–Crippen LogP) is 10.2. The van der Waals surface area contributed by atoms with E-state index in [-0.39, 0.29) is 24.0 Å². The second-order valence-corrected chi connectivity index (χ2v) is 15.1. The lowest BCUT2D eigenvalue weighted by Gasteiger charge is -2.40. The number of ether oxygens (including phenoxy) is 2. The minimum atomic E-state index is -1.60. The lowest BCUT2D eigenvalue weighted by atomic mass is 9.91. The maximum absolute atomic E-state index is 14.8. The molecule has 0 saturated heterocycles. The van der Waals surface area contributed by atoms with E-state index in [9.17, 15) is 27.2 Å². The summed E-state index contributed by atoms with van der Waals surface area (Å²) in [5.74, 6) is -6.26. The molecule has 6 aromatic rings. The fourth-order valence-electron chi connectivity index (χ4n) is 7.74. The molecule has 2 atom stereocenters. The Morgan fingerprint density at radius 2 is 0.914 bits per heavy atom. The molecule has 0 heterocycles. The van der Waals surface area contributed by atoms with Crippen LogP contribution in [0.3, 0.4) is 0 Å². The number of benzene rings is 6. The number of carbonyl (C=O) groups is 2. The second-order valence-electron chi connectivity index (χ2n) is 15.1. The molecule has 300 valence electrons. The van der Waals surface area contributed by atoms with E-state index in [0.717, 1.165) is 80.2 Å². The smallest absolute Gasteiger partial charge is 0.333 e. The summed E-state index contributed by atoms with van der Waals surface area (Å²) < 4.78 is 70.1. The Bertz CT molecular complexity index is 2350. The highest BCUT2D eigenvalue weighted by Crippen LogP contribution is 2.37. The lowest BCUT2D eigenvalue weighted by Crippen LogP contribution is -2.46. The van der Waals surface area contributed by atoms with Crippen molar-refractivity contribution in [2.45, 2.75) is 51.0 Å². The fraction of sp³-hybridized carbons (Fsp3) is 0.250. The van der Waals surface area contributed by atoms with Crippen LogP contribution in [0.15, 0.2) is 121 Å². The number of hydrogen-bond donors (Lipinski definition) is 0. The van der Waals surface area contributed by atoms with Gasteiger partial charge in [-0.25, -0.2) is 27.2 Å². The van der Waals surface area contributed by atoms with Gasteiger partial charge in [0, 0.05) is 36.1 Å². The number of esters is 2. The number of aryl methyl sites for hydroxylation is 4. The molecule has 0 aliphatic carbocycles. The van der Waals surface area contributed by atoms with Crippen LogP contribution in [0.1, 0.15) is 46.2 Å². The number of hydrogen-bond acceptors (Lipinski definition) is 6. The monoisotopic (exact) mass is 790 g/mol. The summed E-state index contributed by atoms with van der Waals surface area (Å²) in [6.45, 7) is 4.01. The zero-order valence-corrected chi connectivity index (χ0v) is 33.4. The Hall–Kier alpha value is -5.84. The molecule has 2 unspecified atom stereocenters. The van der Waals surface area contributed by atoms with Crippen LogP contribution in [-0.4, -0.2) is 49.9 Å². The number of rotatable bonds is 14. The SMILES string of the molecule is Cc1cc(CCC(OC(=O)/C=C\C(=O)OC(CCc2cc(C)c3ccccc3c2)(c2ccc(F)c(F)c2)N(C)C)(c2ccc(F)c(F)c2)N(C)C)cc2ccccc12. The fourth-order valence-corrected chi connectivity index (χ4v) is 7.74. The van der Waals surface area contributed by atoms with E-state index in [1.807, 2.05) is 86.6 Å². The van der Waals surface area contributed by atoms with E-state index in [0.29, 0.717) is 12.8 Å². The number of nitrogens with zero attached hydrogens (tertiary/aromatic N) is 2. The standard InChI is InChI=1S/C48H46F4N2O4/c1-31-25-33(27-35-11-7-9-13-39(31)35)21-23-47(53(3)4,37-15-17-41(49)43(51)29-37)57-45(55)19-20-46(56)58-48(54(5)6,38-16-18-42(50)44(52)30-38)24-22-34-26-32(2)40-14-10-8-12-36(40)28-34/h7-20,25-30H,21-24H2,1-6H3/b20-19-. The van der Waals surface area contributed by atoms with E-state index in [2.05, 4.69) is 0 Å². The first-order valence-corrected chi connectivity index (χ1v) is 19.0. The van der Waals surface area contributed by atoms with Crippen molar-refractivity contribution in [3.8, 4) is 0 Å². The first kappa shape index (κ1) is 41.8. The van der Waals surface area contributed by atoms with Crippen LogP contribution in [0.5, 0.6) is 0 Å². The van der Waals surface area contributed by atoms with Crippen molar-refractivity contribution in [1.82, 2.24) is 9.80 Å². The Balaban J connectivity index is 1.29. The quantitative estimate of drug-likeness (QED) is 0.0474. The highest BCUT2D eigenvalue weighted by atomic mass is 19.2. The van der Waals surface area contributed by atoms with Crippen molar-refractivity contribution in [1.29, 1.82) is 0 Å². The number of carbonyl (C=O) groups excluding carboxylic acids is 2. The predicted molar refractivity (Wildman–Crippen MR) is 219 cm³/mol. The van der Waals surface area contributed by atoms with E-state index in [4.69, 9.17) is 9.47 Å². The van der Waals surface area contributed by atoms with E-state index >= 15 is 0 Å². The van der Waals surface area contributed by atoms with Crippen molar-refractivity contribution in [3.05, 3.63) is 178 Å². The summed E-state index contributed by atoms with van der Waals surface area (Å²) in [6.07, 6.45) is 2.86. The minimum absolute atomic E-state index is 0.140. The summed E-state index contributed by atoms with van der Waals surface area (Å²) in [5.41, 5.74) is 1.16. The molecule has 0 N–H and O–H groups in total. The molecule has 0 bridgehead atoms. The number of fused-ring (bicyclic) bond motifs is 2. The van der Waals surface area contributed by atoms with Crippen molar-refractivity contribution in [3.63, 3.8) is 0 Å². The van der Waals surface area contributed by atoms with Gasteiger partial charge in [0.05, 0.1) is 0 Å². The summed E-state index contributed by atoms with van der Waals surface area (Å²) >= 11 is 0. The van der Waals surface area contributed by atoms with Gasteiger partial charge in [-0.3, -0.25) is 9.80 Å². The minimum Gasteiger partial charge on any atom is -0.436 e. The Kier molecular flexibility index (Phi) is 12.5. The van der Waals surface area contributed by atoms with Gasteiger partial charge >= 0.3 is 11.9 Å². The third-order valence-corrected chi connectivity index (χ3v) is 10.8. The Morgan fingerprint density at radius 3 is 1.28 bits per heavy atom.